The van der Waals surface area contributed by atoms with E-state index in [0.29, 0.717) is 10.8 Å². The summed E-state index contributed by atoms with van der Waals surface area (Å²) >= 11 is 6.09. The molecule has 2 aromatic carbocycles. The van der Waals surface area contributed by atoms with E-state index in [4.69, 9.17) is 11.6 Å². The first kappa shape index (κ1) is 14.9. The van der Waals surface area contributed by atoms with Crippen LogP contribution in [-0.4, -0.2) is 24.9 Å². The smallest absolute Gasteiger partial charge is 0.144 e. The van der Waals surface area contributed by atoms with Gasteiger partial charge in [-0.25, -0.2) is 15.0 Å². The maximum absolute atomic E-state index is 6.09. The van der Waals surface area contributed by atoms with Gasteiger partial charge >= 0.3 is 0 Å². The van der Waals surface area contributed by atoms with Crippen molar-refractivity contribution in [3.63, 3.8) is 0 Å². The van der Waals surface area contributed by atoms with E-state index in [1.165, 1.54) is 6.33 Å². The number of hydrogen-bond acceptors (Lipinski definition) is 4. The van der Waals surface area contributed by atoms with Crippen LogP contribution in [-0.2, 0) is 0 Å². The minimum atomic E-state index is 0.659. The molecule has 0 radical (unpaired) electrons. The summed E-state index contributed by atoms with van der Waals surface area (Å²) in [6.45, 7) is 0. The Labute approximate surface area is 153 Å². The van der Waals surface area contributed by atoms with Gasteiger partial charge in [-0.1, -0.05) is 29.8 Å². The second-order valence-electron chi connectivity index (χ2n) is 5.89. The number of para-hydroxylation sites is 2. The zero-order valence-corrected chi connectivity index (χ0v) is 14.2. The second kappa shape index (κ2) is 5.86. The van der Waals surface area contributed by atoms with Crippen LogP contribution in [0.4, 0.5) is 11.5 Å². The lowest BCUT2D eigenvalue weighted by Gasteiger charge is -2.07. The molecule has 6 nitrogen and oxygen atoms in total. The molecule has 0 atom stereocenters. The highest BCUT2D eigenvalue weighted by atomic mass is 35.5. The zero-order chi connectivity index (χ0) is 17.5. The lowest BCUT2D eigenvalue weighted by atomic mass is 10.2. The Bertz CT molecular complexity index is 1210. The highest BCUT2D eigenvalue weighted by molar-refractivity contribution is 6.30. The van der Waals surface area contributed by atoms with Crippen LogP contribution in [0.2, 0.25) is 5.02 Å². The summed E-state index contributed by atoms with van der Waals surface area (Å²) in [7, 11) is 0. The van der Waals surface area contributed by atoms with E-state index in [-0.39, 0.29) is 0 Å². The number of fused-ring (bicyclic) bond motifs is 2. The van der Waals surface area contributed by atoms with E-state index >= 15 is 0 Å². The van der Waals surface area contributed by atoms with Crippen molar-refractivity contribution in [2.24, 2.45) is 0 Å². The molecule has 0 saturated heterocycles. The van der Waals surface area contributed by atoms with Gasteiger partial charge in [-0.2, -0.15) is 0 Å². The van der Waals surface area contributed by atoms with Gasteiger partial charge in [-0.3, -0.25) is 0 Å². The molecule has 126 valence electrons. The summed E-state index contributed by atoms with van der Waals surface area (Å²) in [4.78, 5) is 20.0. The minimum absolute atomic E-state index is 0.659. The molecule has 0 amide bonds. The second-order valence-corrected chi connectivity index (χ2v) is 6.32. The summed E-state index contributed by atoms with van der Waals surface area (Å²) in [5, 5.41) is 4.85. The monoisotopic (exact) mass is 360 g/mol. The van der Waals surface area contributed by atoms with Crippen LogP contribution < -0.4 is 5.32 Å². The van der Waals surface area contributed by atoms with E-state index < -0.39 is 0 Å². The maximum Gasteiger partial charge on any atom is 0.144 e. The molecule has 0 unspecified atom stereocenters. The Morgan fingerprint density at radius 2 is 1.92 bits per heavy atom. The van der Waals surface area contributed by atoms with Gasteiger partial charge in [0.05, 0.1) is 16.4 Å². The van der Waals surface area contributed by atoms with Crippen molar-refractivity contribution in [3.8, 4) is 11.4 Å². The summed E-state index contributed by atoms with van der Waals surface area (Å²) < 4.78 is 0. The molecule has 26 heavy (non-hydrogen) atoms. The van der Waals surface area contributed by atoms with Gasteiger partial charge in [-0.05, 0) is 30.3 Å². The third-order valence-electron chi connectivity index (χ3n) is 4.20. The van der Waals surface area contributed by atoms with Gasteiger partial charge in [0.2, 0.25) is 0 Å². The molecule has 3 heterocycles. The van der Waals surface area contributed by atoms with Crippen LogP contribution >= 0.6 is 11.6 Å². The Hall–Kier alpha value is -3.38. The molecule has 5 rings (SSSR count). The minimum Gasteiger partial charge on any atom is -0.345 e. The van der Waals surface area contributed by atoms with Crippen LogP contribution in [0.15, 0.2) is 61.1 Å². The van der Waals surface area contributed by atoms with E-state index in [1.807, 2.05) is 54.7 Å². The number of H-pyrrole nitrogens is 2. The summed E-state index contributed by atoms with van der Waals surface area (Å²) in [6, 6.07) is 15.4. The van der Waals surface area contributed by atoms with E-state index in [2.05, 4.69) is 30.2 Å². The van der Waals surface area contributed by atoms with Crippen LogP contribution in [0.3, 0.4) is 0 Å². The summed E-state index contributed by atoms with van der Waals surface area (Å²) in [6.07, 6.45) is 3.41. The first-order valence-electron chi connectivity index (χ1n) is 8.08. The number of halogens is 1. The Kier molecular flexibility index (Phi) is 3.36. The molecule has 0 saturated carbocycles. The fourth-order valence-corrected chi connectivity index (χ4v) is 3.22. The standard InChI is InChI=1S/C19H13ClN6/c20-11-4-3-5-12(8-11)24-19-16-13(9-21-18(16)22-10-23-19)17-25-14-6-1-2-7-15(14)26-17/h1-10H,(H,25,26)(H2,21,22,23,24). The number of aromatic amines is 2. The topological polar surface area (TPSA) is 82.3 Å². The largest absolute Gasteiger partial charge is 0.345 e. The Balaban J connectivity index is 1.67. The molecule has 7 heteroatoms. The van der Waals surface area contributed by atoms with Gasteiger partial charge in [0.25, 0.3) is 0 Å². The average molecular weight is 361 g/mol. The normalized spacial score (nSPS) is 11.3. The number of anilines is 2. The van der Waals surface area contributed by atoms with Crippen molar-refractivity contribution in [1.82, 2.24) is 24.9 Å². The number of nitrogens with one attached hydrogen (secondary N) is 3. The fourth-order valence-electron chi connectivity index (χ4n) is 3.03. The van der Waals surface area contributed by atoms with Gasteiger partial charge in [0.1, 0.15) is 23.6 Å². The van der Waals surface area contributed by atoms with Crippen molar-refractivity contribution in [2.45, 2.75) is 0 Å². The molecule has 0 spiro atoms. The number of imidazole rings is 1. The number of nitrogens with zero attached hydrogens (tertiary/aromatic N) is 3. The van der Waals surface area contributed by atoms with Gasteiger partial charge < -0.3 is 15.3 Å². The molecule has 0 aliphatic heterocycles. The van der Waals surface area contributed by atoms with Gasteiger partial charge in [0.15, 0.2) is 0 Å². The van der Waals surface area contributed by atoms with Gasteiger partial charge in [0, 0.05) is 22.5 Å². The number of rotatable bonds is 3. The number of hydrogen-bond donors (Lipinski definition) is 3. The molecule has 0 aliphatic carbocycles. The zero-order valence-electron chi connectivity index (χ0n) is 13.5. The quantitative estimate of drug-likeness (QED) is 0.427. The molecule has 0 fully saturated rings. The van der Waals surface area contributed by atoms with E-state index in [1.54, 1.807) is 0 Å². The highest BCUT2D eigenvalue weighted by Crippen LogP contribution is 2.33. The predicted octanol–water partition coefficient (Wildman–Crippen LogP) is 4.90. The van der Waals surface area contributed by atoms with Crippen LogP contribution in [0.25, 0.3) is 33.5 Å². The van der Waals surface area contributed by atoms with Crippen LogP contribution in [0, 0.1) is 0 Å². The van der Waals surface area contributed by atoms with Crippen molar-refractivity contribution in [3.05, 3.63) is 66.1 Å². The average Bonchev–Trinajstić information content (AvgIpc) is 3.26. The molecule has 0 aliphatic rings. The van der Waals surface area contributed by atoms with Crippen LogP contribution in [0.5, 0.6) is 0 Å². The lowest BCUT2D eigenvalue weighted by Crippen LogP contribution is -1.96. The Morgan fingerprint density at radius 1 is 1.00 bits per heavy atom. The third kappa shape index (κ3) is 2.48. The van der Waals surface area contributed by atoms with E-state index in [9.17, 15) is 0 Å². The molecule has 5 aromatic rings. The van der Waals surface area contributed by atoms with E-state index in [0.717, 1.165) is 39.1 Å². The Morgan fingerprint density at radius 3 is 2.81 bits per heavy atom. The van der Waals surface area contributed by atoms with Crippen molar-refractivity contribution < 1.29 is 0 Å². The van der Waals surface area contributed by atoms with Gasteiger partial charge in [-0.15, -0.1) is 0 Å². The number of benzene rings is 2. The number of aromatic nitrogens is 5. The molecular formula is C19H13ClN6. The first-order valence-corrected chi connectivity index (χ1v) is 8.45. The molecular weight excluding hydrogens is 348 g/mol. The maximum atomic E-state index is 6.09. The molecule has 3 aromatic heterocycles. The first-order chi connectivity index (χ1) is 12.8. The molecule has 0 bridgehead atoms. The van der Waals surface area contributed by atoms with Crippen molar-refractivity contribution in [1.29, 1.82) is 0 Å². The lowest BCUT2D eigenvalue weighted by molar-refractivity contribution is 1.20. The third-order valence-corrected chi connectivity index (χ3v) is 4.44. The van der Waals surface area contributed by atoms with Crippen LogP contribution in [0.1, 0.15) is 0 Å². The molecule has 3 N–H and O–H groups in total. The SMILES string of the molecule is Clc1cccc(Nc2ncnc3[nH]cc(-c4nc5ccccc5[nH]4)c23)c1. The predicted molar refractivity (Wildman–Crippen MR) is 104 cm³/mol. The summed E-state index contributed by atoms with van der Waals surface area (Å²) in [5.41, 5.74) is 4.40. The van der Waals surface area contributed by atoms with Crippen molar-refractivity contribution >= 4 is 45.2 Å². The fraction of sp³-hybridized carbons (Fsp3) is 0. The highest BCUT2D eigenvalue weighted by Gasteiger charge is 2.15. The van der Waals surface area contributed by atoms with Crippen molar-refractivity contribution in [2.75, 3.05) is 5.32 Å². The summed E-state index contributed by atoms with van der Waals surface area (Å²) in [5.74, 6) is 1.45.